The van der Waals surface area contributed by atoms with Gasteiger partial charge in [0.1, 0.15) is 5.82 Å². The molecule has 0 radical (unpaired) electrons. The van der Waals surface area contributed by atoms with Crippen LogP contribution in [0.4, 0.5) is 4.39 Å². The fourth-order valence-electron chi connectivity index (χ4n) is 1.41. The Labute approximate surface area is 91.1 Å². The van der Waals surface area contributed by atoms with E-state index >= 15 is 0 Å². The van der Waals surface area contributed by atoms with E-state index in [0.29, 0.717) is 5.50 Å². The van der Waals surface area contributed by atoms with Crippen LogP contribution in [-0.4, -0.2) is 13.6 Å². The molecule has 3 heteroatoms. The minimum atomic E-state index is -1.45. The van der Waals surface area contributed by atoms with E-state index in [4.69, 9.17) is 11.6 Å². The Morgan fingerprint density at radius 2 is 2.00 bits per heavy atom. The number of aryl methyl sites for hydroxylation is 1. The number of hydrogen-bond donors (Lipinski definition) is 0. The normalized spacial score (nSPS) is 11.8. The van der Waals surface area contributed by atoms with Crippen molar-refractivity contribution >= 4 is 19.7 Å². The monoisotopic (exact) mass is 230 g/mol. The number of benzene rings is 1. The van der Waals surface area contributed by atoms with Gasteiger partial charge < -0.3 is 0 Å². The van der Waals surface area contributed by atoms with Crippen molar-refractivity contribution in [2.45, 2.75) is 26.1 Å². The Bertz CT molecular complexity index is 323. The zero-order valence-electron chi connectivity index (χ0n) is 8.90. The molecule has 1 rings (SSSR count). The first-order chi connectivity index (χ1) is 6.46. The molecule has 14 heavy (non-hydrogen) atoms. The molecule has 1 aromatic carbocycles. The van der Waals surface area contributed by atoms with E-state index in [9.17, 15) is 4.39 Å². The van der Waals surface area contributed by atoms with Crippen LogP contribution >= 0.6 is 11.6 Å². The molecule has 0 atom stereocenters. The van der Waals surface area contributed by atoms with Crippen molar-refractivity contribution in [3.05, 3.63) is 35.1 Å². The topological polar surface area (TPSA) is 0 Å². The molecule has 0 spiro atoms. The summed E-state index contributed by atoms with van der Waals surface area (Å²) in [5.41, 5.74) is 2.23. The van der Waals surface area contributed by atoms with Gasteiger partial charge in [-0.2, -0.15) is 0 Å². The molecule has 0 N–H and O–H groups in total. The molecule has 0 heterocycles. The Kier molecular flexibility index (Phi) is 3.73. The van der Waals surface area contributed by atoms with Crippen LogP contribution in [0.5, 0.6) is 0 Å². The van der Waals surface area contributed by atoms with Crippen LogP contribution < -0.4 is 0 Å². The number of hydrogen-bond acceptors (Lipinski definition) is 0. The highest BCUT2D eigenvalue weighted by molar-refractivity contribution is 6.82. The first-order valence-corrected chi connectivity index (χ1v) is 8.71. The summed E-state index contributed by atoms with van der Waals surface area (Å²) in [5, 5.41) is 0. The standard InChI is InChI=1S/C11H16ClFSi/c1-9-5-4-6-10(11(9)13)7-14(2,3)8-12/h4-6H,7-8H2,1-3H3. The van der Waals surface area contributed by atoms with E-state index in [2.05, 4.69) is 13.1 Å². The Balaban J connectivity index is 2.92. The highest BCUT2D eigenvalue weighted by Crippen LogP contribution is 2.18. The maximum atomic E-state index is 13.6. The summed E-state index contributed by atoms with van der Waals surface area (Å²) in [5.74, 6) is -0.0572. The third kappa shape index (κ3) is 2.82. The van der Waals surface area contributed by atoms with Crippen molar-refractivity contribution in [2.75, 3.05) is 5.50 Å². The molecule has 0 aliphatic rings. The summed E-state index contributed by atoms with van der Waals surface area (Å²) in [6.45, 7) is 6.16. The molecule has 0 bridgehead atoms. The first-order valence-electron chi connectivity index (χ1n) is 4.76. The third-order valence-corrected chi connectivity index (χ3v) is 6.53. The van der Waals surface area contributed by atoms with Gasteiger partial charge in [-0.15, -0.1) is 11.6 Å². The molecule has 0 fully saturated rings. The smallest absolute Gasteiger partial charge is 0.129 e. The highest BCUT2D eigenvalue weighted by atomic mass is 35.5. The summed E-state index contributed by atoms with van der Waals surface area (Å²) in [6, 6.07) is 6.40. The average Bonchev–Trinajstić information content (AvgIpc) is 2.13. The van der Waals surface area contributed by atoms with Crippen molar-refractivity contribution < 1.29 is 4.39 Å². The van der Waals surface area contributed by atoms with E-state index in [1.807, 2.05) is 12.1 Å². The van der Waals surface area contributed by atoms with Crippen molar-refractivity contribution in [3.63, 3.8) is 0 Å². The molecule has 0 amide bonds. The maximum Gasteiger partial charge on any atom is 0.129 e. The second-order valence-corrected chi connectivity index (χ2v) is 10.3. The molecule has 0 aliphatic heterocycles. The lowest BCUT2D eigenvalue weighted by molar-refractivity contribution is 0.607. The van der Waals surface area contributed by atoms with Gasteiger partial charge in [0, 0.05) is 5.50 Å². The predicted molar refractivity (Wildman–Crippen MR) is 63.0 cm³/mol. The SMILES string of the molecule is Cc1cccc(C[Si](C)(C)CCl)c1F. The second-order valence-electron chi connectivity index (χ2n) is 4.52. The van der Waals surface area contributed by atoms with Crippen LogP contribution in [0.2, 0.25) is 13.1 Å². The van der Waals surface area contributed by atoms with Gasteiger partial charge in [0.2, 0.25) is 0 Å². The maximum absolute atomic E-state index is 13.6. The number of rotatable bonds is 3. The Hall–Kier alpha value is -0.343. The molecule has 78 valence electrons. The van der Waals surface area contributed by atoms with Crippen LogP contribution in [-0.2, 0) is 6.04 Å². The zero-order chi connectivity index (χ0) is 10.8. The highest BCUT2D eigenvalue weighted by Gasteiger charge is 2.21. The molecule has 1 aromatic rings. The molecular weight excluding hydrogens is 215 g/mol. The fourth-order valence-corrected chi connectivity index (χ4v) is 3.09. The lowest BCUT2D eigenvalue weighted by atomic mass is 10.1. The van der Waals surface area contributed by atoms with Crippen LogP contribution in [0.25, 0.3) is 0 Å². The quantitative estimate of drug-likeness (QED) is 0.549. The first kappa shape index (κ1) is 11.7. The van der Waals surface area contributed by atoms with Crippen molar-refractivity contribution in [3.8, 4) is 0 Å². The Morgan fingerprint density at radius 1 is 1.36 bits per heavy atom. The lowest BCUT2D eigenvalue weighted by Crippen LogP contribution is -2.32. The van der Waals surface area contributed by atoms with Gasteiger partial charge in [-0.3, -0.25) is 0 Å². The molecule has 0 aliphatic carbocycles. The van der Waals surface area contributed by atoms with E-state index in [0.717, 1.165) is 17.2 Å². The molecular formula is C11H16ClFSi. The van der Waals surface area contributed by atoms with Gasteiger partial charge in [-0.1, -0.05) is 31.3 Å². The number of halogens is 2. The Morgan fingerprint density at radius 3 is 2.57 bits per heavy atom. The second kappa shape index (κ2) is 4.45. The molecule has 0 nitrogen and oxygen atoms in total. The predicted octanol–water partition coefficient (Wildman–Crippen LogP) is 3.70. The zero-order valence-corrected chi connectivity index (χ0v) is 10.7. The van der Waals surface area contributed by atoms with Crippen molar-refractivity contribution in [2.24, 2.45) is 0 Å². The minimum absolute atomic E-state index is 0.0572. The fraction of sp³-hybridized carbons (Fsp3) is 0.455. The van der Waals surface area contributed by atoms with Gasteiger partial charge >= 0.3 is 0 Å². The van der Waals surface area contributed by atoms with Crippen LogP contribution in [0.3, 0.4) is 0 Å². The molecule has 0 aromatic heterocycles. The van der Waals surface area contributed by atoms with Gasteiger partial charge in [0.25, 0.3) is 0 Å². The summed E-state index contributed by atoms with van der Waals surface area (Å²) < 4.78 is 13.6. The van der Waals surface area contributed by atoms with Gasteiger partial charge in [-0.25, -0.2) is 4.39 Å². The largest absolute Gasteiger partial charge is 0.206 e. The summed E-state index contributed by atoms with van der Waals surface area (Å²) in [7, 11) is -1.45. The number of alkyl halides is 1. The van der Waals surface area contributed by atoms with Crippen LogP contribution in [0, 0.1) is 12.7 Å². The van der Waals surface area contributed by atoms with Gasteiger partial charge in [0.15, 0.2) is 0 Å². The van der Waals surface area contributed by atoms with Crippen LogP contribution in [0.15, 0.2) is 18.2 Å². The molecule has 0 saturated heterocycles. The lowest BCUT2D eigenvalue weighted by Gasteiger charge is -2.19. The average molecular weight is 231 g/mol. The molecule has 0 saturated carbocycles. The van der Waals surface area contributed by atoms with Gasteiger partial charge in [-0.05, 0) is 24.1 Å². The summed E-state index contributed by atoms with van der Waals surface area (Å²) in [4.78, 5) is 0. The van der Waals surface area contributed by atoms with Gasteiger partial charge in [0.05, 0.1) is 8.07 Å². The van der Waals surface area contributed by atoms with E-state index < -0.39 is 8.07 Å². The van der Waals surface area contributed by atoms with Crippen molar-refractivity contribution in [1.29, 1.82) is 0 Å². The van der Waals surface area contributed by atoms with Crippen LogP contribution in [0.1, 0.15) is 11.1 Å². The van der Waals surface area contributed by atoms with E-state index in [1.165, 1.54) is 0 Å². The molecule has 0 unspecified atom stereocenters. The van der Waals surface area contributed by atoms with E-state index in [1.54, 1.807) is 13.0 Å². The summed E-state index contributed by atoms with van der Waals surface area (Å²) >= 11 is 5.87. The third-order valence-electron chi connectivity index (χ3n) is 2.30. The van der Waals surface area contributed by atoms with E-state index in [-0.39, 0.29) is 5.82 Å². The minimum Gasteiger partial charge on any atom is -0.206 e. The summed E-state index contributed by atoms with van der Waals surface area (Å²) in [6.07, 6.45) is 0. The van der Waals surface area contributed by atoms with Crippen molar-refractivity contribution in [1.82, 2.24) is 0 Å².